The van der Waals surface area contributed by atoms with Crippen LogP contribution in [0.25, 0.3) is 0 Å². The fourth-order valence-corrected chi connectivity index (χ4v) is 2.86. The van der Waals surface area contributed by atoms with Gasteiger partial charge in [0, 0.05) is 25.0 Å². The monoisotopic (exact) mass is 220 g/mol. The highest BCUT2D eigenvalue weighted by Gasteiger charge is 2.25. The molecule has 2 atom stereocenters. The Balaban J connectivity index is 1.85. The molecule has 0 amide bonds. The van der Waals surface area contributed by atoms with Gasteiger partial charge < -0.3 is 9.30 Å². The second-order valence-electron chi connectivity index (χ2n) is 5.21. The third-order valence-corrected chi connectivity index (χ3v) is 3.84. The van der Waals surface area contributed by atoms with Gasteiger partial charge in [-0.15, -0.1) is 0 Å². The first-order valence-corrected chi connectivity index (χ1v) is 6.50. The molecule has 3 heteroatoms. The van der Waals surface area contributed by atoms with Crippen LogP contribution in [-0.2, 0) is 17.7 Å². The molecule has 3 nitrogen and oxygen atoms in total. The van der Waals surface area contributed by atoms with Crippen LogP contribution in [0.4, 0.5) is 0 Å². The smallest absolute Gasteiger partial charge is 0.138 e. The van der Waals surface area contributed by atoms with E-state index < -0.39 is 0 Å². The SMILES string of the molecule is CC1CCn2c(cnc2C2CCCCO2)C1. The van der Waals surface area contributed by atoms with E-state index in [1.165, 1.54) is 37.2 Å². The molecular weight excluding hydrogens is 200 g/mol. The van der Waals surface area contributed by atoms with Gasteiger partial charge in [-0.25, -0.2) is 4.98 Å². The first-order valence-electron chi connectivity index (χ1n) is 6.50. The molecule has 2 aliphatic rings. The standard InChI is InChI=1S/C13H20N2O/c1-10-5-6-15-11(8-10)9-14-13(15)12-4-2-3-7-16-12/h9-10,12H,2-8H2,1H3. The Labute approximate surface area is 96.8 Å². The highest BCUT2D eigenvalue weighted by molar-refractivity contribution is 5.11. The summed E-state index contributed by atoms with van der Waals surface area (Å²) in [7, 11) is 0. The number of aromatic nitrogens is 2. The van der Waals surface area contributed by atoms with Crippen LogP contribution in [0.5, 0.6) is 0 Å². The first kappa shape index (κ1) is 10.3. The Kier molecular flexibility index (Phi) is 2.72. The maximum Gasteiger partial charge on any atom is 0.138 e. The molecule has 0 spiro atoms. The fraction of sp³-hybridized carbons (Fsp3) is 0.769. The van der Waals surface area contributed by atoms with Crippen LogP contribution in [0.1, 0.15) is 50.2 Å². The predicted molar refractivity (Wildman–Crippen MR) is 62.3 cm³/mol. The predicted octanol–water partition coefficient (Wildman–Crippen LogP) is 2.71. The van der Waals surface area contributed by atoms with Gasteiger partial charge >= 0.3 is 0 Å². The van der Waals surface area contributed by atoms with Gasteiger partial charge in [-0.1, -0.05) is 6.92 Å². The molecule has 0 aromatic carbocycles. The van der Waals surface area contributed by atoms with E-state index in [1.807, 2.05) is 0 Å². The molecule has 0 aliphatic carbocycles. The van der Waals surface area contributed by atoms with Crippen molar-refractivity contribution in [1.29, 1.82) is 0 Å². The Morgan fingerprint density at radius 2 is 2.31 bits per heavy atom. The van der Waals surface area contributed by atoms with Gasteiger partial charge in [0.05, 0.1) is 0 Å². The molecule has 3 heterocycles. The number of imidazole rings is 1. The number of hydrogen-bond donors (Lipinski definition) is 0. The average molecular weight is 220 g/mol. The van der Waals surface area contributed by atoms with E-state index in [1.54, 1.807) is 0 Å². The van der Waals surface area contributed by atoms with E-state index >= 15 is 0 Å². The summed E-state index contributed by atoms with van der Waals surface area (Å²) >= 11 is 0. The van der Waals surface area contributed by atoms with Crippen LogP contribution in [0.2, 0.25) is 0 Å². The lowest BCUT2D eigenvalue weighted by Gasteiger charge is -2.26. The average Bonchev–Trinajstić information content (AvgIpc) is 2.73. The number of rotatable bonds is 1. The molecule has 1 aromatic rings. The Bertz CT molecular complexity index is 366. The minimum Gasteiger partial charge on any atom is -0.370 e. The number of fused-ring (bicyclic) bond motifs is 1. The van der Waals surface area contributed by atoms with Gasteiger partial charge in [0.2, 0.25) is 0 Å². The van der Waals surface area contributed by atoms with Crippen LogP contribution in [0, 0.1) is 5.92 Å². The number of hydrogen-bond acceptors (Lipinski definition) is 2. The normalized spacial score (nSPS) is 30.1. The van der Waals surface area contributed by atoms with E-state index in [9.17, 15) is 0 Å². The molecule has 0 radical (unpaired) electrons. The molecule has 2 aliphatic heterocycles. The van der Waals surface area contributed by atoms with Crippen molar-refractivity contribution < 1.29 is 4.74 Å². The topological polar surface area (TPSA) is 27.1 Å². The second-order valence-corrected chi connectivity index (χ2v) is 5.21. The van der Waals surface area contributed by atoms with Crippen molar-refractivity contribution in [1.82, 2.24) is 9.55 Å². The number of ether oxygens (including phenoxy) is 1. The maximum atomic E-state index is 5.83. The Hall–Kier alpha value is -0.830. The molecule has 3 rings (SSSR count). The van der Waals surface area contributed by atoms with Crippen LogP contribution < -0.4 is 0 Å². The molecule has 1 fully saturated rings. The summed E-state index contributed by atoms with van der Waals surface area (Å²) in [6.45, 7) is 4.36. The Morgan fingerprint density at radius 3 is 3.12 bits per heavy atom. The van der Waals surface area contributed by atoms with Crippen LogP contribution >= 0.6 is 0 Å². The minimum atomic E-state index is 0.260. The van der Waals surface area contributed by atoms with E-state index in [0.29, 0.717) is 0 Å². The Morgan fingerprint density at radius 1 is 1.38 bits per heavy atom. The van der Waals surface area contributed by atoms with Crippen molar-refractivity contribution in [3.63, 3.8) is 0 Å². The van der Waals surface area contributed by atoms with Crippen LogP contribution in [-0.4, -0.2) is 16.2 Å². The first-order chi connectivity index (χ1) is 7.84. The van der Waals surface area contributed by atoms with E-state index in [-0.39, 0.29) is 6.10 Å². The highest BCUT2D eigenvalue weighted by atomic mass is 16.5. The molecule has 2 unspecified atom stereocenters. The minimum absolute atomic E-state index is 0.260. The van der Waals surface area contributed by atoms with Crippen molar-refractivity contribution in [2.24, 2.45) is 5.92 Å². The lowest BCUT2D eigenvalue weighted by molar-refractivity contribution is 0.00679. The molecular formula is C13H20N2O. The summed E-state index contributed by atoms with van der Waals surface area (Å²) in [5.41, 5.74) is 1.41. The van der Waals surface area contributed by atoms with E-state index in [4.69, 9.17) is 4.74 Å². The molecule has 0 bridgehead atoms. The molecule has 16 heavy (non-hydrogen) atoms. The zero-order chi connectivity index (χ0) is 11.0. The maximum absolute atomic E-state index is 5.83. The number of nitrogens with zero attached hydrogens (tertiary/aromatic N) is 2. The van der Waals surface area contributed by atoms with Gasteiger partial charge in [0.1, 0.15) is 11.9 Å². The van der Waals surface area contributed by atoms with Crippen LogP contribution in [0.15, 0.2) is 6.20 Å². The summed E-state index contributed by atoms with van der Waals surface area (Å²) in [5.74, 6) is 1.99. The zero-order valence-electron chi connectivity index (χ0n) is 9.98. The summed E-state index contributed by atoms with van der Waals surface area (Å²) in [5, 5.41) is 0. The lowest BCUT2D eigenvalue weighted by atomic mass is 9.98. The summed E-state index contributed by atoms with van der Waals surface area (Å²) in [6, 6.07) is 0. The summed E-state index contributed by atoms with van der Waals surface area (Å²) < 4.78 is 8.23. The van der Waals surface area contributed by atoms with Crippen molar-refractivity contribution in [3.8, 4) is 0 Å². The molecule has 0 saturated carbocycles. The van der Waals surface area contributed by atoms with E-state index in [0.717, 1.165) is 25.5 Å². The van der Waals surface area contributed by atoms with Gasteiger partial charge in [0.25, 0.3) is 0 Å². The molecule has 1 aromatic heterocycles. The van der Waals surface area contributed by atoms with Gasteiger partial charge in [-0.05, 0) is 38.0 Å². The largest absolute Gasteiger partial charge is 0.370 e. The third-order valence-electron chi connectivity index (χ3n) is 3.84. The van der Waals surface area contributed by atoms with Gasteiger partial charge in [0.15, 0.2) is 0 Å². The van der Waals surface area contributed by atoms with Crippen molar-refractivity contribution in [2.45, 2.75) is 51.7 Å². The summed E-state index contributed by atoms with van der Waals surface area (Å²) in [4.78, 5) is 4.59. The third kappa shape index (κ3) is 1.77. The quantitative estimate of drug-likeness (QED) is 0.727. The fourth-order valence-electron chi connectivity index (χ4n) is 2.86. The van der Waals surface area contributed by atoms with Crippen molar-refractivity contribution in [3.05, 3.63) is 17.7 Å². The molecule has 0 N–H and O–H groups in total. The molecule has 88 valence electrons. The highest BCUT2D eigenvalue weighted by Crippen LogP contribution is 2.30. The van der Waals surface area contributed by atoms with Crippen molar-refractivity contribution in [2.75, 3.05) is 6.61 Å². The zero-order valence-corrected chi connectivity index (χ0v) is 9.98. The second kappa shape index (κ2) is 4.21. The van der Waals surface area contributed by atoms with Crippen molar-refractivity contribution >= 4 is 0 Å². The van der Waals surface area contributed by atoms with E-state index in [2.05, 4.69) is 22.7 Å². The lowest BCUT2D eigenvalue weighted by Crippen LogP contribution is -2.22. The molecule has 1 saturated heterocycles. The van der Waals surface area contributed by atoms with Gasteiger partial charge in [-0.3, -0.25) is 0 Å². The van der Waals surface area contributed by atoms with Gasteiger partial charge in [-0.2, -0.15) is 0 Å². The summed E-state index contributed by atoms with van der Waals surface area (Å²) in [6.07, 6.45) is 8.41. The van der Waals surface area contributed by atoms with Crippen LogP contribution in [0.3, 0.4) is 0 Å².